The molecule has 0 aliphatic heterocycles. The van der Waals surface area contributed by atoms with Crippen LogP contribution in [0.2, 0.25) is 0 Å². The molecule has 1 aliphatic rings. The summed E-state index contributed by atoms with van der Waals surface area (Å²) in [6, 6.07) is 7.46. The molecule has 1 unspecified atom stereocenters. The lowest BCUT2D eigenvalue weighted by Crippen LogP contribution is -2.51. The second-order valence-electron chi connectivity index (χ2n) is 8.41. The lowest BCUT2D eigenvalue weighted by atomic mass is 9.88. The molecule has 2 amide bonds. The van der Waals surface area contributed by atoms with Crippen molar-refractivity contribution in [2.24, 2.45) is 11.8 Å². The van der Waals surface area contributed by atoms with E-state index < -0.39 is 6.04 Å². The second kappa shape index (κ2) is 11.2. The SMILES string of the molecule is CC(C)OCc1ccccc1CNC(=O)C(NC(=O)C1CCCCC1)C(C)C. The first-order chi connectivity index (χ1) is 13.4. The first kappa shape index (κ1) is 22.4. The van der Waals surface area contributed by atoms with Crippen LogP contribution >= 0.6 is 0 Å². The number of ether oxygens (including phenoxy) is 1. The quantitative estimate of drug-likeness (QED) is 0.673. The fraction of sp³-hybridized carbons (Fsp3) is 0.652. The molecule has 0 aromatic heterocycles. The van der Waals surface area contributed by atoms with E-state index in [2.05, 4.69) is 10.6 Å². The summed E-state index contributed by atoms with van der Waals surface area (Å²) in [6.07, 6.45) is 5.43. The predicted octanol–water partition coefficient (Wildman–Crippen LogP) is 3.95. The summed E-state index contributed by atoms with van der Waals surface area (Å²) >= 11 is 0. The van der Waals surface area contributed by atoms with E-state index >= 15 is 0 Å². The minimum Gasteiger partial charge on any atom is -0.374 e. The topological polar surface area (TPSA) is 67.4 Å². The van der Waals surface area contributed by atoms with Crippen molar-refractivity contribution in [2.75, 3.05) is 0 Å². The maximum Gasteiger partial charge on any atom is 0.243 e. The molecule has 0 bridgehead atoms. The van der Waals surface area contributed by atoms with Crippen LogP contribution < -0.4 is 10.6 Å². The number of benzene rings is 1. The van der Waals surface area contributed by atoms with E-state index in [4.69, 9.17) is 4.74 Å². The zero-order chi connectivity index (χ0) is 20.5. The molecule has 0 saturated heterocycles. The molecular formula is C23H36N2O3. The van der Waals surface area contributed by atoms with Crippen molar-refractivity contribution < 1.29 is 14.3 Å². The number of carbonyl (C=O) groups is 2. The Balaban J connectivity index is 1.94. The minimum absolute atomic E-state index is 0.0271. The third-order valence-corrected chi connectivity index (χ3v) is 5.37. The molecule has 28 heavy (non-hydrogen) atoms. The molecule has 0 radical (unpaired) electrons. The van der Waals surface area contributed by atoms with E-state index in [1.165, 1.54) is 6.42 Å². The Morgan fingerprint density at radius 3 is 2.29 bits per heavy atom. The van der Waals surface area contributed by atoms with E-state index in [0.717, 1.165) is 36.8 Å². The van der Waals surface area contributed by atoms with E-state index in [-0.39, 0.29) is 29.8 Å². The molecular weight excluding hydrogens is 352 g/mol. The Morgan fingerprint density at radius 1 is 1.04 bits per heavy atom. The Morgan fingerprint density at radius 2 is 1.68 bits per heavy atom. The second-order valence-corrected chi connectivity index (χ2v) is 8.41. The Hall–Kier alpha value is -1.88. The van der Waals surface area contributed by atoms with Crippen LogP contribution in [-0.2, 0) is 27.5 Å². The van der Waals surface area contributed by atoms with Gasteiger partial charge in [-0.05, 0) is 43.7 Å². The summed E-state index contributed by atoms with van der Waals surface area (Å²) in [7, 11) is 0. The number of nitrogens with one attached hydrogen (secondary N) is 2. The highest BCUT2D eigenvalue weighted by molar-refractivity contribution is 5.88. The van der Waals surface area contributed by atoms with Crippen molar-refractivity contribution >= 4 is 11.8 Å². The van der Waals surface area contributed by atoms with Gasteiger partial charge in [0.25, 0.3) is 0 Å². The Labute approximate surface area is 169 Å². The normalized spacial score (nSPS) is 16.2. The van der Waals surface area contributed by atoms with Gasteiger partial charge in [0.1, 0.15) is 6.04 Å². The first-order valence-corrected chi connectivity index (χ1v) is 10.6. The maximum atomic E-state index is 12.8. The summed E-state index contributed by atoms with van der Waals surface area (Å²) in [4.78, 5) is 25.4. The molecule has 1 fully saturated rings. The van der Waals surface area contributed by atoms with Crippen molar-refractivity contribution in [3.05, 3.63) is 35.4 Å². The third kappa shape index (κ3) is 6.93. The zero-order valence-corrected chi connectivity index (χ0v) is 17.8. The van der Waals surface area contributed by atoms with Crippen molar-refractivity contribution in [1.29, 1.82) is 0 Å². The molecule has 5 heteroatoms. The van der Waals surface area contributed by atoms with Crippen molar-refractivity contribution in [2.45, 2.75) is 85.1 Å². The maximum absolute atomic E-state index is 12.8. The van der Waals surface area contributed by atoms with E-state index in [1.807, 2.05) is 52.0 Å². The van der Waals surface area contributed by atoms with Crippen molar-refractivity contribution in [3.8, 4) is 0 Å². The lowest BCUT2D eigenvalue weighted by Gasteiger charge is -2.26. The summed E-state index contributed by atoms with van der Waals surface area (Å²) in [5.41, 5.74) is 2.11. The number of hydrogen-bond acceptors (Lipinski definition) is 3. The fourth-order valence-electron chi connectivity index (χ4n) is 3.59. The Bertz CT molecular complexity index is 636. The largest absolute Gasteiger partial charge is 0.374 e. The predicted molar refractivity (Wildman–Crippen MR) is 112 cm³/mol. The first-order valence-electron chi connectivity index (χ1n) is 10.6. The molecule has 1 atom stereocenters. The summed E-state index contributed by atoms with van der Waals surface area (Å²) in [5.74, 6) is -0.0122. The molecule has 1 aromatic carbocycles. The van der Waals surface area contributed by atoms with E-state index in [9.17, 15) is 9.59 Å². The molecule has 0 heterocycles. The van der Waals surface area contributed by atoms with E-state index in [0.29, 0.717) is 13.2 Å². The van der Waals surface area contributed by atoms with Crippen LogP contribution in [0.3, 0.4) is 0 Å². The van der Waals surface area contributed by atoms with Crippen molar-refractivity contribution in [1.82, 2.24) is 10.6 Å². The highest BCUT2D eigenvalue weighted by Gasteiger charge is 2.28. The molecule has 2 rings (SSSR count). The average Bonchev–Trinajstić information content (AvgIpc) is 2.69. The highest BCUT2D eigenvalue weighted by atomic mass is 16.5. The third-order valence-electron chi connectivity index (χ3n) is 5.37. The highest BCUT2D eigenvalue weighted by Crippen LogP contribution is 2.24. The number of carbonyl (C=O) groups excluding carboxylic acids is 2. The van der Waals surface area contributed by atoms with Crippen LogP contribution in [0.1, 0.15) is 70.9 Å². The molecule has 2 N–H and O–H groups in total. The number of rotatable bonds is 9. The van der Waals surface area contributed by atoms with Gasteiger partial charge in [0.2, 0.25) is 11.8 Å². The van der Waals surface area contributed by atoms with Crippen LogP contribution in [0.15, 0.2) is 24.3 Å². The average molecular weight is 389 g/mol. The van der Waals surface area contributed by atoms with Gasteiger partial charge < -0.3 is 15.4 Å². The van der Waals surface area contributed by atoms with E-state index in [1.54, 1.807) is 0 Å². The molecule has 0 spiro atoms. The standard InChI is InChI=1S/C23H36N2O3/c1-16(2)21(25-22(26)18-10-6-5-7-11-18)23(27)24-14-19-12-8-9-13-20(19)15-28-17(3)4/h8-9,12-13,16-18,21H,5-7,10-11,14-15H2,1-4H3,(H,24,27)(H,25,26). The summed E-state index contributed by atoms with van der Waals surface area (Å²) < 4.78 is 5.71. The van der Waals surface area contributed by atoms with Gasteiger partial charge in [-0.1, -0.05) is 57.4 Å². The van der Waals surface area contributed by atoms with Gasteiger partial charge in [-0.2, -0.15) is 0 Å². The number of amides is 2. The van der Waals surface area contributed by atoms with Crippen LogP contribution in [-0.4, -0.2) is 24.0 Å². The zero-order valence-electron chi connectivity index (χ0n) is 17.8. The van der Waals surface area contributed by atoms with Gasteiger partial charge in [0.05, 0.1) is 12.7 Å². The van der Waals surface area contributed by atoms with Crippen molar-refractivity contribution in [3.63, 3.8) is 0 Å². The fourth-order valence-corrected chi connectivity index (χ4v) is 3.59. The van der Waals surface area contributed by atoms with Crippen LogP contribution in [0.4, 0.5) is 0 Å². The van der Waals surface area contributed by atoms with Crippen LogP contribution in [0, 0.1) is 11.8 Å². The van der Waals surface area contributed by atoms with Crippen LogP contribution in [0.5, 0.6) is 0 Å². The van der Waals surface area contributed by atoms with Gasteiger partial charge >= 0.3 is 0 Å². The van der Waals surface area contributed by atoms with Crippen LogP contribution in [0.25, 0.3) is 0 Å². The monoisotopic (exact) mass is 388 g/mol. The number of hydrogen-bond donors (Lipinski definition) is 2. The molecule has 1 saturated carbocycles. The molecule has 156 valence electrons. The van der Waals surface area contributed by atoms with Gasteiger partial charge in [-0.15, -0.1) is 0 Å². The minimum atomic E-state index is -0.506. The summed E-state index contributed by atoms with van der Waals surface area (Å²) in [5, 5.41) is 6.01. The molecule has 1 aliphatic carbocycles. The lowest BCUT2D eigenvalue weighted by molar-refractivity contribution is -0.132. The Kier molecular flexibility index (Phi) is 8.97. The van der Waals surface area contributed by atoms with Gasteiger partial charge in [0, 0.05) is 12.5 Å². The summed E-state index contributed by atoms with van der Waals surface area (Å²) in [6.45, 7) is 8.90. The molecule has 5 nitrogen and oxygen atoms in total. The molecule has 1 aromatic rings. The van der Waals surface area contributed by atoms with Gasteiger partial charge in [0.15, 0.2) is 0 Å². The smallest absolute Gasteiger partial charge is 0.243 e. The van der Waals surface area contributed by atoms with Gasteiger partial charge in [-0.25, -0.2) is 0 Å². The van der Waals surface area contributed by atoms with Gasteiger partial charge in [-0.3, -0.25) is 9.59 Å².